The van der Waals surface area contributed by atoms with Crippen LogP contribution in [0.15, 0.2) is 42.5 Å². The van der Waals surface area contributed by atoms with Crippen LogP contribution in [0.25, 0.3) is 0 Å². The molecule has 2 aromatic rings. The standard InChI is InChI=1S/C16H13F3N2O5/c1-25-14-8-10(21(23)24)6-7-13(14)26-9-15(22)20-12-5-3-2-4-11(12)16(17,18)19/h2-8H,9H2,1H3,(H,20,22). The number of hydrogen-bond donors (Lipinski definition) is 1. The Balaban J connectivity index is 2.08. The molecule has 0 fully saturated rings. The normalized spacial score (nSPS) is 10.9. The van der Waals surface area contributed by atoms with Crippen LogP contribution in [0.3, 0.4) is 0 Å². The third kappa shape index (κ3) is 4.62. The fraction of sp³-hybridized carbons (Fsp3) is 0.188. The van der Waals surface area contributed by atoms with Gasteiger partial charge in [-0.05, 0) is 18.2 Å². The summed E-state index contributed by atoms with van der Waals surface area (Å²) < 4.78 is 48.8. The minimum atomic E-state index is -4.62. The van der Waals surface area contributed by atoms with Crippen LogP contribution in [-0.4, -0.2) is 24.5 Å². The number of carbonyl (C=O) groups is 1. The van der Waals surface area contributed by atoms with Gasteiger partial charge in [-0.3, -0.25) is 14.9 Å². The van der Waals surface area contributed by atoms with E-state index in [2.05, 4.69) is 5.32 Å². The molecule has 0 unspecified atom stereocenters. The molecular formula is C16H13F3N2O5. The number of halogens is 3. The molecule has 10 heteroatoms. The van der Waals surface area contributed by atoms with Crippen molar-refractivity contribution in [3.8, 4) is 11.5 Å². The van der Waals surface area contributed by atoms with Crippen LogP contribution < -0.4 is 14.8 Å². The maximum atomic E-state index is 12.9. The fourth-order valence-corrected chi connectivity index (χ4v) is 2.06. The molecule has 0 atom stereocenters. The molecule has 26 heavy (non-hydrogen) atoms. The predicted octanol–water partition coefficient (Wildman–Crippen LogP) is 3.64. The number of alkyl halides is 3. The number of carbonyl (C=O) groups excluding carboxylic acids is 1. The van der Waals surface area contributed by atoms with E-state index in [0.717, 1.165) is 24.3 Å². The third-order valence-corrected chi connectivity index (χ3v) is 3.22. The molecule has 0 saturated carbocycles. The van der Waals surface area contributed by atoms with Crippen molar-refractivity contribution in [3.63, 3.8) is 0 Å². The van der Waals surface area contributed by atoms with Gasteiger partial charge < -0.3 is 14.8 Å². The van der Waals surface area contributed by atoms with E-state index in [0.29, 0.717) is 0 Å². The first-order valence-electron chi connectivity index (χ1n) is 7.13. The number of nitrogens with zero attached hydrogens (tertiary/aromatic N) is 1. The average Bonchev–Trinajstić information content (AvgIpc) is 2.59. The monoisotopic (exact) mass is 370 g/mol. The highest BCUT2D eigenvalue weighted by molar-refractivity contribution is 5.92. The second-order valence-corrected chi connectivity index (χ2v) is 4.97. The lowest BCUT2D eigenvalue weighted by molar-refractivity contribution is -0.384. The Morgan fingerprint density at radius 3 is 2.50 bits per heavy atom. The van der Waals surface area contributed by atoms with Crippen molar-refractivity contribution >= 4 is 17.3 Å². The minimum Gasteiger partial charge on any atom is -0.493 e. The smallest absolute Gasteiger partial charge is 0.418 e. The molecule has 138 valence electrons. The van der Waals surface area contributed by atoms with Crippen molar-refractivity contribution in [1.82, 2.24) is 0 Å². The van der Waals surface area contributed by atoms with E-state index in [4.69, 9.17) is 9.47 Å². The Morgan fingerprint density at radius 2 is 1.88 bits per heavy atom. The van der Waals surface area contributed by atoms with Gasteiger partial charge in [0.15, 0.2) is 18.1 Å². The second-order valence-electron chi connectivity index (χ2n) is 4.97. The number of methoxy groups -OCH3 is 1. The number of benzene rings is 2. The average molecular weight is 370 g/mol. The van der Waals surface area contributed by atoms with Gasteiger partial charge in [0.2, 0.25) is 0 Å². The van der Waals surface area contributed by atoms with Gasteiger partial charge >= 0.3 is 6.18 Å². The van der Waals surface area contributed by atoms with Crippen LogP contribution in [0, 0.1) is 10.1 Å². The number of nitro groups is 1. The number of hydrogen-bond acceptors (Lipinski definition) is 5. The molecule has 0 aliphatic carbocycles. The SMILES string of the molecule is COc1cc([N+](=O)[O-])ccc1OCC(=O)Nc1ccccc1C(F)(F)F. The molecule has 0 aliphatic heterocycles. The largest absolute Gasteiger partial charge is 0.493 e. The highest BCUT2D eigenvalue weighted by Crippen LogP contribution is 2.34. The lowest BCUT2D eigenvalue weighted by Crippen LogP contribution is -2.22. The molecule has 7 nitrogen and oxygen atoms in total. The van der Waals surface area contributed by atoms with Crippen LogP contribution in [0.2, 0.25) is 0 Å². The molecule has 1 amide bonds. The summed E-state index contributed by atoms with van der Waals surface area (Å²) in [5, 5.41) is 12.8. The zero-order valence-electron chi connectivity index (χ0n) is 13.4. The number of para-hydroxylation sites is 1. The molecule has 2 aromatic carbocycles. The number of amides is 1. The number of nitro benzene ring substituents is 1. The molecule has 0 aromatic heterocycles. The first-order chi connectivity index (χ1) is 12.2. The van der Waals surface area contributed by atoms with Crippen LogP contribution in [0.1, 0.15) is 5.56 Å². The van der Waals surface area contributed by atoms with E-state index in [1.54, 1.807) is 0 Å². The zero-order chi connectivity index (χ0) is 19.3. The van der Waals surface area contributed by atoms with Crippen LogP contribution in [-0.2, 0) is 11.0 Å². The lowest BCUT2D eigenvalue weighted by atomic mass is 10.1. The summed E-state index contributed by atoms with van der Waals surface area (Å²) in [5.41, 5.74) is -1.62. The molecule has 1 N–H and O–H groups in total. The van der Waals surface area contributed by atoms with Crippen molar-refractivity contribution in [2.75, 3.05) is 19.0 Å². The minimum absolute atomic E-state index is 0.0164. The van der Waals surface area contributed by atoms with Gasteiger partial charge in [0.25, 0.3) is 11.6 Å². The number of ether oxygens (including phenoxy) is 2. The number of nitrogens with one attached hydrogen (secondary N) is 1. The summed E-state index contributed by atoms with van der Waals surface area (Å²) in [7, 11) is 1.26. The highest BCUT2D eigenvalue weighted by atomic mass is 19.4. The maximum absolute atomic E-state index is 12.9. The quantitative estimate of drug-likeness (QED) is 0.619. The van der Waals surface area contributed by atoms with Crippen molar-refractivity contribution in [2.45, 2.75) is 6.18 Å². The summed E-state index contributed by atoms with van der Waals surface area (Å²) in [6.07, 6.45) is -4.62. The Labute approximate surface area is 145 Å². The van der Waals surface area contributed by atoms with Crippen LogP contribution in [0.4, 0.5) is 24.5 Å². The fourth-order valence-electron chi connectivity index (χ4n) is 2.06. The van der Waals surface area contributed by atoms with E-state index < -0.39 is 34.9 Å². The van der Waals surface area contributed by atoms with Gasteiger partial charge in [0, 0.05) is 6.07 Å². The number of anilines is 1. The lowest BCUT2D eigenvalue weighted by Gasteiger charge is -2.14. The summed E-state index contributed by atoms with van der Waals surface area (Å²) in [6, 6.07) is 8.00. The van der Waals surface area contributed by atoms with Gasteiger partial charge in [-0.2, -0.15) is 13.2 Å². The molecule has 0 spiro atoms. The summed E-state index contributed by atoms with van der Waals surface area (Å²) in [4.78, 5) is 22.0. The van der Waals surface area contributed by atoms with Crippen LogP contribution in [0.5, 0.6) is 11.5 Å². The maximum Gasteiger partial charge on any atom is 0.418 e. The first kappa shape index (κ1) is 19.0. The highest BCUT2D eigenvalue weighted by Gasteiger charge is 2.33. The van der Waals surface area contributed by atoms with Gasteiger partial charge in [-0.1, -0.05) is 12.1 Å². The number of non-ortho nitro benzene ring substituents is 1. The molecule has 0 radical (unpaired) electrons. The predicted molar refractivity (Wildman–Crippen MR) is 85.2 cm³/mol. The van der Waals surface area contributed by atoms with Gasteiger partial charge in [0.05, 0.1) is 29.4 Å². The summed E-state index contributed by atoms with van der Waals surface area (Å²) in [6.45, 7) is -0.611. The van der Waals surface area contributed by atoms with E-state index in [1.165, 1.54) is 25.3 Å². The van der Waals surface area contributed by atoms with Gasteiger partial charge in [-0.15, -0.1) is 0 Å². The topological polar surface area (TPSA) is 90.7 Å². The Bertz CT molecular complexity index is 824. The van der Waals surface area contributed by atoms with E-state index in [1.807, 2.05) is 0 Å². The van der Waals surface area contributed by atoms with Crippen molar-refractivity contribution < 1.29 is 32.4 Å². The van der Waals surface area contributed by atoms with E-state index in [9.17, 15) is 28.1 Å². The van der Waals surface area contributed by atoms with Crippen LogP contribution >= 0.6 is 0 Å². The molecule has 0 saturated heterocycles. The summed E-state index contributed by atoms with van der Waals surface area (Å²) >= 11 is 0. The first-order valence-corrected chi connectivity index (χ1v) is 7.13. The molecule has 0 bridgehead atoms. The van der Waals surface area contributed by atoms with Gasteiger partial charge in [0.1, 0.15) is 0 Å². The van der Waals surface area contributed by atoms with Gasteiger partial charge in [-0.25, -0.2) is 0 Å². The molecule has 0 heterocycles. The third-order valence-electron chi connectivity index (χ3n) is 3.22. The van der Waals surface area contributed by atoms with E-state index in [-0.39, 0.29) is 17.2 Å². The second kappa shape index (κ2) is 7.72. The Morgan fingerprint density at radius 1 is 1.19 bits per heavy atom. The summed E-state index contributed by atoms with van der Waals surface area (Å²) in [5.74, 6) is -0.776. The van der Waals surface area contributed by atoms with Crippen molar-refractivity contribution in [1.29, 1.82) is 0 Å². The van der Waals surface area contributed by atoms with Crippen molar-refractivity contribution in [3.05, 3.63) is 58.1 Å². The molecular weight excluding hydrogens is 357 g/mol. The number of rotatable bonds is 6. The Kier molecular flexibility index (Phi) is 5.65. The molecule has 2 rings (SSSR count). The zero-order valence-corrected chi connectivity index (χ0v) is 13.4. The Hall–Kier alpha value is -3.30. The molecule has 0 aliphatic rings. The van der Waals surface area contributed by atoms with E-state index >= 15 is 0 Å². The van der Waals surface area contributed by atoms with Crippen molar-refractivity contribution in [2.24, 2.45) is 0 Å².